The van der Waals surface area contributed by atoms with Crippen LogP contribution in [0.15, 0.2) is 42.5 Å². The van der Waals surface area contributed by atoms with Gasteiger partial charge in [-0.25, -0.2) is 0 Å². The molecule has 0 radical (unpaired) electrons. The third-order valence-electron chi connectivity index (χ3n) is 6.15. The molecule has 0 aromatic heterocycles. The van der Waals surface area contributed by atoms with E-state index in [0.29, 0.717) is 25.2 Å². The monoisotopic (exact) mass is 426 g/mol. The topological polar surface area (TPSA) is 52.6 Å². The first kappa shape index (κ1) is 24.9. The molecule has 0 aliphatic carbocycles. The van der Waals surface area contributed by atoms with Crippen LogP contribution in [0.4, 0.5) is 0 Å². The largest absolute Gasteiger partial charge is 0.465 e. The lowest BCUT2D eigenvalue weighted by Gasteiger charge is -2.26. The summed E-state index contributed by atoms with van der Waals surface area (Å²) in [6.45, 7) is 6.25. The summed E-state index contributed by atoms with van der Waals surface area (Å²) < 4.78 is 11.2. The Hall–Kier alpha value is -2.36. The van der Waals surface area contributed by atoms with Crippen LogP contribution in [0.25, 0.3) is 10.8 Å². The van der Waals surface area contributed by atoms with E-state index in [-0.39, 0.29) is 0 Å². The van der Waals surface area contributed by atoms with Gasteiger partial charge in [0.05, 0.1) is 6.61 Å². The van der Waals surface area contributed by atoms with E-state index in [1.165, 1.54) is 32.1 Å². The summed E-state index contributed by atoms with van der Waals surface area (Å²) >= 11 is 0. The highest BCUT2D eigenvalue weighted by Gasteiger charge is 2.46. The average molecular weight is 427 g/mol. The number of benzene rings is 2. The molecular formula is C27H38O4. The number of hydrogen-bond acceptors (Lipinski definition) is 4. The smallest absolute Gasteiger partial charge is 0.328 e. The fraction of sp³-hybridized carbons (Fsp3) is 0.556. The molecule has 0 saturated carbocycles. The van der Waals surface area contributed by atoms with Crippen molar-refractivity contribution in [1.82, 2.24) is 0 Å². The van der Waals surface area contributed by atoms with Crippen LogP contribution < -0.4 is 4.74 Å². The Balaban J connectivity index is 1.87. The molecule has 0 fully saturated rings. The van der Waals surface area contributed by atoms with E-state index in [9.17, 15) is 9.59 Å². The Labute approximate surface area is 187 Å². The van der Waals surface area contributed by atoms with Crippen molar-refractivity contribution in [3.8, 4) is 5.75 Å². The predicted molar refractivity (Wildman–Crippen MR) is 126 cm³/mol. The molecule has 0 atom stereocenters. The van der Waals surface area contributed by atoms with E-state index in [1.54, 1.807) is 6.07 Å². The maximum Gasteiger partial charge on any atom is 0.328 e. The van der Waals surface area contributed by atoms with Crippen molar-refractivity contribution in [2.45, 2.75) is 85.0 Å². The number of rotatable bonds is 14. The van der Waals surface area contributed by atoms with Gasteiger partial charge in [-0.05, 0) is 42.2 Å². The van der Waals surface area contributed by atoms with Crippen LogP contribution in [-0.4, -0.2) is 18.5 Å². The average Bonchev–Trinajstić information content (AvgIpc) is 2.79. The van der Waals surface area contributed by atoms with E-state index in [1.807, 2.05) is 50.2 Å². The van der Waals surface area contributed by atoms with Gasteiger partial charge in [0, 0.05) is 0 Å². The van der Waals surface area contributed by atoms with Gasteiger partial charge in [0.15, 0.2) is 5.41 Å². The highest BCUT2D eigenvalue weighted by molar-refractivity contribution is 6.01. The summed E-state index contributed by atoms with van der Waals surface area (Å²) in [6.07, 6.45) is 10.1. The molecule has 0 aliphatic rings. The first-order valence-electron chi connectivity index (χ1n) is 12.0. The third kappa shape index (κ3) is 7.09. The Kier molecular flexibility index (Phi) is 10.6. The van der Waals surface area contributed by atoms with E-state index in [4.69, 9.17) is 9.47 Å². The molecule has 0 N–H and O–H groups in total. The molecule has 0 unspecified atom stereocenters. The van der Waals surface area contributed by atoms with Crippen molar-refractivity contribution in [3.63, 3.8) is 0 Å². The molecule has 4 nitrogen and oxygen atoms in total. The van der Waals surface area contributed by atoms with Gasteiger partial charge in [-0.1, -0.05) is 96.0 Å². The minimum atomic E-state index is -1.26. The lowest BCUT2D eigenvalue weighted by molar-refractivity contribution is -0.168. The van der Waals surface area contributed by atoms with E-state index >= 15 is 0 Å². The number of hydrogen-bond donors (Lipinski definition) is 0. The molecule has 4 heteroatoms. The van der Waals surface area contributed by atoms with Crippen molar-refractivity contribution in [2.75, 3.05) is 6.61 Å². The Morgan fingerprint density at radius 3 is 2.00 bits per heavy atom. The van der Waals surface area contributed by atoms with Gasteiger partial charge in [0.25, 0.3) is 0 Å². The predicted octanol–water partition coefficient (Wildman–Crippen LogP) is 7.24. The molecule has 2 aromatic rings. The summed E-state index contributed by atoms with van der Waals surface area (Å²) in [7, 11) is 0. The first-order chi connectivity index (χ1) is 15.1. The zero-order valence-electron chi connectivity index (χ0n) is 19.5. The second kappa shape index (κ2) is 13.1. The number of fused-ring (bicyclic) bond motifs is 1. The lowest BCUT2D eigenvalue weighted by atomic mass is 9.82. The number of unbranched alkanes of at least 4 members (excludes halogenated alkanes) is 7. The molecular weight excluding hydrogens is 388 g/mol. The summed E-state index contributed by atoms with van der Waals surface area (Å²) in [5.41, 5.74) is -1.26. The second-order valence-electron chi connectivity index (χ2n) is 8.30. The summed E-state index contributed by atoms with van der Waals surface area (Å²) in [5, 5.41) is 2.06. The van der Waals surface area contributed by atoms with E-state index in [2.05, 4.69) is 6.92 Å². The summed E-state index contributed by atoms with van der Waals surface area (Å²) in [4.78, 5) is 25.9. The van der Waals surface area contributed by atoms with E-state index < -0.39 is 17.4 Å². The zero-order chi connectivity index (χ0) is 22.5. The normalized spacial score (nSPS) is 11.5. The maximum absolute atomic E-state index is 13.0. The van der Waals surface area contributed by atoms with Crippen LogP contribution in [-0.2, 0) is 14.3 Å². The third-order valence-corrected chi connectivity index (χ3v) is 6.15. The van der Waals surface area contributed by atoms with Gasteiger partial charge >= 0.3 is 11.9 Å². The van der Waals surface area contributed by atoms with Crippen LogP contribution in [0, 0.1) is 5.41 Å². The van der Waals surface area contributed by atoms with Gasteiger partial charge in [0.2, 0.25) is 0 Å². The van der Waals surface area contributed by atoms with Crippen molar-refractivity contribution >= 4 is 22.7 Å². The molecule has 0 bridgehead atoms. The Bertz CT molecular complexity index is 823. The molecule has 0 spiro atoms. The molecule has 2 rings (SSSR count). The van der Waals surface area contributed by atoms with Gasteiger partial charge in [-0.2, -0.15) is 0 Å². The van der Waals surface area contributed by atoms with Gasteiger partial charge in [0.1, 0.15) is 5.75 Å². The van der Waals surface area contributed by atoms with Crippen LogP contribution in [0.1, 0.15) is 85.0 Å². The maximum atomic E-state index is 13.0. The van der Waals surface area contributed by atoms with Crippen molar-refractivity contribution in [3.05, 3.63) is 42.5 Å². The summed E-state index contributed by atoms with van der Waals surface area (Å²) in [6, 6.07) is 13.4. The van der Waals surface area contributed by atoms with Crippen molar-refractivity contribution in [1.29, 1.82) is 0 Å². The quantitative estimate of drug-likeness (QED) is 0.138. The molecule has 31 heavy (non-hydrogen) atoms. The minimum Gasteiger partial charge on any atom is -0.465 e. The number of ether oxygens (including phenoxy) is 2. The second-order valence-corrected chi connectivity index (χ2v) is 8.30. The first-order valence-corrected chi connectivity index (χ1v) is 12.0. The molecule has 170 valence electrons. The highest BCUT2D eigenvalue weighted by atomic mass is 16.6. The molecule has 0 amide bonds. The molecule has 0 aliphatic heterocycles. The zero-order valence-corrected chi connectivity index (χ0v) is 19.5. The van der Waals surface area contributed by atoms with Crippen LogP contribution >= 0.6 is 0 Å². The number of esters is 2. The standard InChI is InChI=1S/C27H38O4/c1-4-7-8-9-10-11-12-15-20-30-25(28)27(5-2,6-3)26(29)31-24-19-18-22-16-13-14-17-23(22)21-24/h13-14,16-19,21H,4-12,15,20H2,1-3H3. The Morgan fingerprint density at radius 2 is 1.35 bits per heavy atom. The van der Waals surface area contributed by atoms with Crippen LogP contribution in [0.5, 0.6) is 5.75 Å². The van der Waals surface area contributed by atoms with Crippen molar-refractivity contribution in [2.24, 2.45) is 5.41 Å². The van der Waals surface area contributed by atoms with Crippen molar-refractivity contribution < 1.29 is 19.1 Å². The molecule has 0 heterocycles. The van der Waals surface area contributed by atoms with Crippen LogP contribution in [0.3, 0.4) is 0 Å². The number of carbonyl (C=O) groups is 2. The highest BCUT2D eigenvalue weighted by Crippen LogP contribution is 2.32. The fourth-order valence-corrected chi connectivity index (χ4v) is 3.89. The van der Waals surface area contributed by atoms with Gasteiger partial charge < -0.3 is 9.47 Å². The minimum absolute atomic E-state index is 0.353. The van der Waals surface area contributed by atoms with Gasteiger partial charge in [-0.15, -0.1) is 0 Å². The van der Waals surface area contributed by atoms with Gasteiger partial charge in [-0.3, -0.25) is 9.59 Å². The summed E-state index contributed by atoms with van der Waals surface area (Å²) in [5.74, 6) is -0.550. The lowest BCUT2D eigenvalue weighted by Crippen LogP contribution is -2.42. The molecule has 2 aromatic carbocycles. The van der Waals surface area contributed by atoms with Crippen LogP contribution in [0.2, 0.25) is 0 Å². The Morgan fingerprint density at radius 1 is 0.742 bits per heavy atom. The SMILES string of the molecule is CCCCCCCCCCOC(=O)C(CC)(CC)C(=O)Oc1ccc2ccccc2c1. The molecule has 0 saturated heterocycles. The fourth-order valence-electron chi connectivity index (χ4n) is 3.89. The number of carbonyl (C=O) groups excluding carboxylic acids is 2. The van der Waals surface area contributed by atoms with E-state index in [0.717, 1.165) is 30.0 Å².